The Hall–Kier alpha value is -2.16. The number of hydrogen-bond donors (Lipinski definition) is 3. The van der Waals surface area contributed by atoms with Crippen molar-refractivity contribution in [3.63, 3.8) is 0 Å². The predicted molar refractivity (Wildman–Crippen MR) is 65.4 cm³/mol. The SMILES string of the molecule is Cc1ccc(Cc2c(O)cc(O)cc2O)cc1. The molecule has 17 heavy (non-hydrogen) atoms. The van der Waals surface area contributed by atoms with E-state index in [1.165, 1.54) is 12.1 Å². The molecule has 3 heteroatoms. The Morgan fingerprint density at radius 1 is 0.882 bits per heavy atom. The van der Waals surface area contributed by atoms with Gasteiger partial charge in [-0.15, -0.1) is 0 Å². The number of phenolic OH excluding ortho intramolecular Hbond substituents is 3. The Balaban J connectivity index is 2.33. The van der Waals surface area contributed by atoms with Crippen LogP contribution in [0.25, 0.3) is 0 Å². The van der Waals surface area contributed by atoms with Crippen molar-refractivity contribution >= 4 is 0 Å². The van der Waals surface area contributed by atoms with Gasteiger partial charge in [-0.3, -0.25) is 0 Å². The summed E-state index contributed by atoms with van der Waals surface area (Å²) in [5, 5.41) is 28.5. The molecule has 0 aliphatic carbocycles. The molecule has 0 spiro atoms. The smallest absolute Gasteiger partial charge is 0.126 e. The van der Waals surface area contributed by atoms with E-state index in [2.05, 4.69) is 0 Å². The second-order valence-corrected chi connectivity index (χ2v) is 4.12. The summed E-state index contributed by atoms with van der Waals surface area (Å²) in [6, 6.07) is 10.3. The molecule has 0 saturated heterocycles. The van der Waals surface area contributed by atoms with Gasteiger partial charge in [0, 0.05) is 24.1 Å². The van der Waals surface area contributed by atoms with Gasteiger partial charge < -0.3 is 15.3 Å². The van der Waals surface area contributed by atoms with Crippen molar-refractivity contribution in [1.82, 2.24) is 0 Å². The highest BCUT2D eigenvalue weighted by Gasteiger charge is 2.10. The fourth-order valence-electron chi connectivity index (χ4n) is 1.72. The summed E-state index contributed by atoms with van der Waals surface area (Å²) >= 11 is 0. The molecule has 0 bridgehead atoms. The average Bonchev–Trinajstić information content (AvgIpc) is 2.26. The monoisotopic (exact) mass is 230 g/mol. The van der Waals surface area contributed by atoms with E-state index < -0.39 is 0 Å². The van der Waals surface area contributed by atoms with Crippen molar-refractivity contribution in [1.29, 1.82) is 0 Å². The molecule has 0 unspecified atom stereocenters. The maximum atomic E-state index is 9.67. The minimum Gasteiger partial charge on any atom is -0.508 e. The van der Waals surface area contributed by atoms with E-state index in [-0.39, 0.29) is 17.2 Å². The molecule has 2 aromatic rings. The first kappa shape index (κ1) is 11.3. The van der Waals surface area contributed by atoms with Gasteiger partial charge in [0.1, 0.15) is 17.2 Å². The summed E-state index contributed by atoms with van der Waals surface area (Å²) in [7, 11) is 0. The van der Waals surface area contributed by atoms with Gasteiger partial charge in [0.05, 0.1) is 0 Å². The van der Waals surface area contributed by atoms with Crippen LogP contribution in [0.4, 0.5) is 0 Å². The second-order valence-electron chi connectivity index (χ2n) is 4.12. The van der Waals surface area contributed by atoms with Gasteiger partial charge >= 0.3 is 0 Å². The normalized spacial score (nSPS) is 10.4. The van der Waals surface area contributed by atoms with Gasteiger partial charge in [0.2, 0.25) is 0 Å². The number of benzene rings is 2. The third kappa shape index (κ3) is 2.50. The van der Waals surface area contributed by atoms with Crippen molar-refractivity contribution in [3.8, 4) is 17.2 Å². The maximum absolute atomic E-state index is 9.67. The standard InChI is InChI=1S/C14H14O3/c1-9-2-4-10(5-3-9)6-12-13(16)7-11(15)8-14(12)17/h2-5,7-8,15-17H,6H2,1H3. The molecule has 0 atom stereocenters. The van der Waals surface area contributed by atoms with Crippen LogP contribution in [0.3, 0.4) is 0 Å². The topological polar surface area (TPSA) is 60.7 Å². The molecule has 2 aromatic carbocycles. The Kier molecular flexibility index (Phi) is 2.91. The number of hydrogen-bond acceptors (Lipinski definition) is 3. The van der Waals surface area contributed by atoms with Gasteiger partial charge in [-0.2, -0.15) is 0 Å². The number of aromatic hydroxyl groups is 3. The molecule has 0 heterocycles. The molecular weight excluding hydrogens is 216 g/mol. The minimum atomic E-state index is -0.146. The summed E-state index contributed by atoms with van der Waals surface area (Å²) in [4.78, 5) is 0. The zero-order valence-electron chi connectivity index (χ0n) is 9.51. The lowest BCUT2D eigenvalue weighted by Gasteiger charge is -2.08. The summed E-state index contributed by atoms with van der Waals surface area (Å²) < 4.78 is 0. The summed E-state index contributed by atoms with van der Waals surface area (Å²) in [6.45, 7) is 2.00. The maximum Gasteiger partial charge on any atom is 0.126 e. The summed E-state index contributed by atoms with van der Waals surface area (Å²) in [5.74, 6) is -0.334. The zero-order chi connectivity index (χ0) is 12.4. The van der Waals surface area contributed by atoms with Crippen LogP contribution >= 0.6 is 0 Å². The van der Waals surface area contributed by atoms with Crippen molar-refractivity contribution in [3.05, 3.63) is 53.1 Å². The Morgan fingerprint density at radius 3 is 1.94 bits per heavy atom. The molecule has 0 fully saturated rings. The largest absolute Gasteiger partial charge is 0.508 e. The number of phenols is 3. The molecule has 0 aliphatic heterocycles. The molecule has 0 amide bonds. The first-order valence-electron chi connectivity index (χ1n) is 5.35. The average molecular weight is 230 g/mol. The van der Waals surface area contributed by atoms with Gasteiger partial charge in [-0.1, -0.05) is 29.8 Å². The quantitative estimate of drug-likeness (QED) is 0.743. The number of rotatable bonds is 2. The van der Waals surface area contributed by atoms with Gasteiger partial charge in [-0.25, -0.2) is 0 Å². The van der Waals surface area contributed by atoms with Crippen LogP contribution < -0.4 is 0 Å². The highest BCUT2D eigenvalue weighted by Crippen LogP contribution is 2.33. The summed E-state index contributed by atoms with van der Waals surface area (Å²) in [5.41, 5.74) is 2.58. The lowest BCUT2D eigenvalue weighted by molar-refractivity contribution is 0.420. The van der Waals surface area contributed by atoms with E-state index in [1.807, 2.05) is 31.2 Å². The van der Waals surface area contributed by atoms with Crippen LogP contribution in [0.2, 0.25) is 0 Å². The molecule has 0 radical (unpaired) electrons. The van der Waals surface area contributed by atoms with E-state index in [1.54, 1.807) is 0 Å². The first-order chi connectivity index (χ1) is 8.06. The second kappa shape index (κ2) is 4.37. The van der Waals surface area contributed by atoms with Crippen LogP contribution in [-0.2, 0) is 6.42 Å². The first-order valence-corrected chi connectivity index (χ1v) is 5.35. The fourth-order valence-corrected chi connectivity index (χ4v) is 1.72. The third-order valence-electron chi connectivity index (χ3n) is 2.69. The van der Waals surface area contributed by atoms with Crippen molar-refractivity contribution < 1.29 is 15.3 Å². The van der Waals surface area contributed by atoms with Crippen molar-refractivity contribution in [2.24, 2.45) is 0 Å². The predicted octanol–water partition coefficient (Wildman–Crippen LogP) is 2.70. The highest BCUT2D eigenvalue weighted by atomic mass is 16.3. The van der Waals surface area contributed by atoms with Crippen LogP contribution in [0, 0.1) is 6.92 Å². The highest BCUT2D eigenvalue weighted by molar-refractivity contribution is 5.50. The Labute approximate surface area is 99.6 Å². The van der Waals surface area contributed by atoms with Crippen LogP contribution in [0.1, 0.15) is 16.7 Å². The fraction of sp³-hybridized carbons (Fsp3) is 0.143. The zero-order valence-corrected chi connectivity index (χ0v) is 9.51. The van der Waals surface area contributed by atoms with Crippen LogP contribution in [0.15, 0.2) is 36.4 Å². The molecule has 3 N–H and O–H groups in total. The molecule has 3 nitrogen and oxygen atoms in total. The molecule has 2 rings (SSSR count). The summed E-state index contributed by atoms with van der Waals surface area (Å²) in [6.07, 6.45) is 0.429. The van der Waals surface area contributed by atoms with E-state index in [9.17, 15) is 15.3 Å². The van der Waals surface area contributed by atoms with Gasteiger partial charge in [-0.05, 0) is 12.5 Å². The van der Waals surface area contributed by atoms with Gasteiger partial charge in [0.25, 0.3) is 0 Å². The molecule has 88 valence electrons. The Bertz CT molecular complexity index is 507. The minimum absolute atomic E-state index is 0.0944. The molecular formula is C14H14O3. The molecule has 0 aromatic heterocycles. The van der Waals surface area contributed by atoms with Crippen molar-refractivity contribution in [2.45, 2.75) is 13.3 Å². The molecule has 0 aliphatic rings. The van der Waals surface area contributed by atoms with E-state index in [0.717, 1.165) is 11.1 Å². The lowest BCUT2D eigenvalue weighted by atomic mass is 10.0. The molecule has 0 saturated carbocycles. The number of aryl methyl sites for hydroxylation is 1. The van der Waals surface area contributed by atoms with Crippen LogP contribution in [-0.4, -0.2) is 15.3 Å². The lowest BCUT2D eigenvalue weighted by Crippen LogP contribution is -1.90. The van der Waals surface area contributed by atoms with Gasteiger partial charge in [0.15, 0.2) is 0 Å². The van der Waals surface area contributed by atoms with Crippen molar-refractivity contribution in [2.75, 3.05) is 0 Å². The van der Waals surface area contributed by atoms with E-state index >= 15 is 0 Å². The van der Waals surface area contributed by atoms with E-state index in [0.29, 0.717) is 12.0 Å². The third-order valence-corrected chi connectivity index (χ3v) is 2.69. The van der Waals surface area contributed by atoms with E-state index in [4.69, 9.17) is 0 Å². The van der Waals surface area contributed by atoms with Crippen LogP contribution in [0.5, 0.6) is 17.2 Å². The Morgan fingerprint density at radius 2 is 1.41 bits per heavy atom.